The van der Waals surface area contributed by atoms with E-state index < -0.39 is 0 Å². The number of hydrogen-bond acceptors (Lipinski definition) is 2. The molecule has 1 aliphatic rings. The van der Waals surface area contributed by atoms with Crippen LogP contribution < -0.4 is 10.1 Å². The lowest BCUT2D eigenvalue weighted by Crippen LogP contribution is -2.24. The van der Waals surface area contributed by atoms with Crippen LogP contribution in [0.4, 0.5) is 4.39 Å². The van der Waals surface area contributed by atoms with E-state index in [-0.39, 0.29) is 5.82 Å². The third-order valence-corrected chi connectivity index (χ3v) is 3.43. The van der Waals surface area contributed by atoms with Crippen molar-refractivity contribution in [2.24, 2.45) is 0 Å². The highest BCUT2D eigenvalue weighted by Crippen LogP contribution is 2.21. The van der Waals surface area contributed by atoms with Gasteiger partial charge in [0.15, 0.2) is 0 Å². The first-order chi connectivity index (χ1) is 9.33. The van der Waals surface area contributed by atoms with Crippen LogP contribution in [0.25, 0.3) is 0 Å². The van der Waals surface area contributed by atoms with Gasteiger partial charge in [-0.25, -0.2) is 4.39 Å². The largest absolute Gasteiger partial charge is 0.489 e. The molecular weight excluding hydrogens is 241 g/mol. The summed E-state index contributed by atoms with van der Waals surface area (Å²) in [6.45, 7) is 2.42. The summed E-state index contributed by atoms with van der Waals surface area (Å²) in [5, 5.41) is 3.36. The summed E-state index contributed by atoms with van der Waals surface area (Å²) in [6.07, 6.45) is 1.03. The Balaban J connectivity index is 1.77. The molecule has 0 aliphatic carbocycles. The fourth-order valence-corrected chi connectivity index (χ4v) is 2.46. The first-order valence-electron chi connectivity index (χ1n) is 6.51. The van der Waals surface area contributed by atoms with Gasteiger partial charge in [0.05, 0.1) is 0 Å². The average Bonchev–Trinajstić information content (AvgIpc) is 2.45. The Hall–Kier alpha value is -1.87. The number of nitrogens with one attached hydrogen (secondary N) is 1. The van der Waals surface area contributed by atoms with Crippen LogP contribution in [-0.2, 0) is 19.6 Å². The Morgan fingerprint density at radius 2 is 2.05 bits per heavy atom. The lowest BCUT2D eigenvalue weighted by Gasteiger charge is -2.20. The van der Waals surface area contributed by atoms with Gasteiger partial charge < -0.3 is 10.1 Å². The Bertz CT molecular complexity index is 583. The summed E-state index contributed by atoms with van der Waals surface area (Å²) in [5.41, 5.74) is 3.91. The maximum absolute atomic E-state index is 13.1. The summed E-state index contributed by atoms with van der Waals surface area (Å²) in [7, 11) is 0. The van der Waals surface area contributed by atoms with Crippen molar-refractivity contribution < 1.29 is 9.13 Å². The molecule has 0 fully saturated rings. The van der Waals surface area contributed by atoms with E-state index in [0.717, 1.165) is 19.5 Å². The SMILES string of the molecule is Fc1cccc(OCc2cccc3c2CCNC3)c1. The molecule has 19 heavy (non-hydrogen) atoms. The normalized spacial score (nSPS) is 13.9. The summed E-state index contributed by atoms with van der Waals surface area (Å²) in [4.78, 5) is 0. The maximum Gasteiger partial charge on any atom is 0.126 e. The van der Waals surface area contributed by atoms with Gasteiger partial charge >= 0.3 is 0 Å². The van der Waals surface area contributed by atoms with E-state index in [2.05, 4.69) is 23.5 Å². The van der Waals surface area contributed by atoms with Gasteiger partial charge in [0.2, 0.25) is 0 Å². The number of benzene rings is 2. The highest BCUT2D eigenvalue weighted by molar-refractivity contribution is 5.37. The van der Waals surface area contributed by atoms with Gasteiger partial charge in [-0.05, 0) is 41.8 Å². The molecule has 0 bridgehead atoms. The van der Waals surface area contributed by atoms with Gasteiger partial charge in [-0.15, -0.1) is 0 Å². The monoisotopic (exact) mass is 257 g/mol. The molecule has 0 amide bonds. The summed E-state index contributed by atoms with van der Waals surface area (Å²) in [5.74, 6) is 0.309. The second kappa shape index (κ2) is 5.41. The molecule has 3 rings (SSSR count). The molecule has 0 radical (unpaired) electrons. The molecule has 3 heteroatoms. The second-order valence-corrected chi connectivity index (χ2v) is 4.73. The van der Waals surface area contributed by atoms with Crippen molar-refractivity contribution in [2.75, 3.05) is 6.54 Å². The van der Waals surface area contributed by atoms with E-state index in [4.69, 9.17) is 4.74 Å². The molecule has 0 spiro atoms. The number of rotatable bonds is 3. The number of hydrogen-bond donors (Lipinski definition) is 1. The molecular formula is C16H16FNO. The smallest absolute Gasteiger partial charge is 0.126 e. The van der Waals surface area contributed by atoms with Gasteiger partial charge in [-0.2, -0.15) is 0 Å². The molecule has 1 heterocycles. The lowest BCUT2D eigenvalue weighted by molar-refractivity contribution is 0.303. The predicted molar refractivity (Wildman–Crippen MR) is 72.6 cm³/mol. The predicted octanol–water partition coefficient (Wildman–Crippen LogP) is 3.05. The zero-order valence-electron chi connectivity index (χ0n) is 10.7. The van der Waals surface area contributed by atoms with Crippen molar-refractivity contribution in [1.29, 1.82) is 0 Å². The molecule has 98 valence electrons. The van der Waals surface area contributed by atoms with Gasteiger partial charge in [0.25, 0.3) is 0 Å². The standard InChI is InChI=1S/C16H16FNO/c17-14-5-2-6-15(9-14)19-11-13-4-1-3-12-10-18-8-7-16(12)13/h1-6,9,18H,7-8,10-11H2. The van der Waals surface area contributed by atoms with Crippen LogP contribution in [0, 0.1) is 5.82 Å². The third kappa shape index (κ3) is 2.76. The zero-order valence-corrected chi connectivity index (χ0v) is 10.7. The topological polar surface area (TPSA) is 21.3 Å². The molecule has 0 unspecified atom stereocenters. The van der Waals surface area contributed by atoms with Crippen molar-refractivity contribution >= 4 is 0 Å². The van der Waals surface area contributed by atoms with Crippen molar-refractivity contribution in [1.82, 2.24) is 5.32 Å². The van der Waals surface area contributed by atoms with Crippen LogP contribution in [0.3, 0.4) is 0 Å². The minimum Gasteiger partial charge on any atom is -0.489 e. The molecule has 0 aromatic heterocycles. The van der Waals surface area contributed by atoms with E-state index in [0.29, 0.717) is 12.4 Å². The van der Waals surface area contributed by atoms with Crippen molar-refractivity contribution in [3.05, 3.63) is 65.0 Å². The lowest BCUT2D eigenvalue weighted by atomic mass is 9.96. The zero-order chi connectivity index (χ0) is 13.1. The highest BCUT2D eigenvalue weighted by atomic mass is 19.1. The number of fused-ring (bicyclic) bond motifs is 1. The van der Waals surface area contributed by atoms with Crippen molar-refractivity contribution in [3.8, 4) is 5.75 Å². The van der Waals surface area contributed by atoms with E-state index in [9.17, 15) is 4.39 Å². The number of ether oxygens (including phenoxy) is 1. The molecule has 0 saturated heterocycles. The first kappa shape index (κ1) is 12.2. The Morgan fingerprint density at radius 1 is 1.16 bits per heavy atom. The average molecular weight is 257 g/mol. The quantitative estimate of drug-likeness (QED) is 0.912. The van der Waals surface area contributed by atoms with Gasteiger partial charge in [-0.3, -0.25) is 0 Å². The Labute approximate surface area is 112 Å². The fraction of sp³-hybridized carbons (Fsp3) is 0.250. The van der Waals surface area contributed by atoms with Crippen LogP contribution >= 0.6 is 0 Å². The summed E-state index contributed by atoms with van der Waals surface area (Å²) in [6, 6.07) is 12.6. The molecule has 1 N–H and O–H groups in total. The van der Waals surface area contributed by atoms with Gasteiger partial charge in [-0.1, -0.05) is 24.3 Å². The van der Waals surface area contributed by atoms with Crippen LogP contribution in [-0.4, -0.2) is 6.54 Å². The Morgan fingerprint density at radius 3 is 2.95 bits per heavy atom. The van der Waals surface area contributed by atoms with Crippen molar-refractivity contribution in [3.63, 3.8) is 0 Å². The van der Waals surface area contributed by atoms with Gasteiger partial charge in [0, 0.05) is 12.6 Å². The summed E-state index contributed by atoms with van der Waals surface area (Å²) < 4.78 is 18.8. The molecule has 2 nitrogen and oxygen atoms in total. The van der Waals surface area contributed by atoms with Gasteiger partial charge in [0.1, 0.15) is 18.2 Å². The molecule has 1 aliphatic heterocycles. The van der Waals surface area contributed by atoms with E-state index >= 15 is 0 Å². The molecule has 0 atom stereocenters. The second-order valence-electron chi connectivity index (χ2n) is 4.73. The third-order valence-electron chi connectivity index (χ3n) is 3.43. The van der Waals surface area contributed by atoms with Crippen molar-refractivity contribution in [2.45, 2.75) is 19.6 Å². The number of halogens is 1. The summed E-state index contributed by atoms with van der Waals surface area (Å²) >= 11 is 0. The first-order valence-corrected chi connectivity index (χ1v) is 6.51. The molecule has 0 saturated carbocycles. The minimum absolute atomic E-state index is 0.267. The molecule has 2 aromatic rings. The maximum atomic E-state index is 13.1. The minimum atomic E-state index is -0.267. The van der Waals surface area contributed by atoms with E-state index in [1.165, 1.54) is 28.8 Å². The van der Waals surface area contributed by atoms with E-state index in [1.807, 2.05) is 0 Å². The van der Waals surface area contributed by atoms with Crippen LogP contribution in [0.2, 0.25) is 0 Å². The molecule has 2 aromatic carbocycles. The van der Waals surface area contributed by atoms with Crippen LogP contribution in [0.5, 0.6) is 5.75 Å². The highest BCUT2D eigenvalue weighted by Gasteiger charge is 2.12. The van der Waals surface area contributed by atoms with Crippen LogP contribution in [0.1, 0.15) is 16.7 Å². The Kier molecular flexibility index (Phi) is 3.47. The van der Waals surface area contributed by atoms with E-state index in [1.54, 1.807) is 12.1 Å². The van der Waals surface area contributed by atoms with Crippen LogP contribution in [0.15, 0.2) is 42.5 Å². The fourth-order valence-electron chi connectivity index (χ4n) is 2.46.